The molecule has 18 nitrogen and oxygen atoms in total. The second-order valence-corrected chi connectivity index (χ2v) is 16.1. The molecule has 61 heavy (non-hydrogen) atoms. The second kappa shape index (κ2) is 19.4. The third kappa shape index (κ3) is 9.66. The van der Waals surface area contributed by atoms with Crippen LogP contribution in [0.5, 0.6) is 11.5 Å². The number of nitrogens with zero attached hydrogens (tertiary/aromatic N) is 2. The first kappa shape index (κ1) is 44.9. The first-order chi connectivity index (χ1) is 29.2. The number of aliphatic hydroxyl groups is 1. The van der Waals surface area contributed by atoms with Gasteiger partial charge in [-0.15, -0.1) is 0 Å². The normalized spacial score (nSPS) is 17.5. The van der Waals surface area contributed by atoms with Crippen molar-refractivity contribution in [1.82, 2.24) is 30.8 Å². The Hall–Kier alpha value is -5.59. The number of carbonyl (C=O) groups excluding carboxylic acids is 5. The van der Waals surface area contributed by atoms with Crippen molar-refractivity contribution in [2.24, 2.45) is 11.7 Å². The molecule has 7 N–H and O–H groups in total. The number of ether oxygens (including phenoxy) is 4. The molecule has 4 atom stereocenters. The Bertz CT molecular complexity index is 2240. The molecule has 1 aromatic carbocycles. The predicted octanol–water partition coefficient (Wildman–Crippen LogP) is 1.89. The average Bonchev–Trinajstić information content (AvgIpc) is 3.86. The van der Waals surface area contributed by atoms with Gasteiger partial charge >= 0.3 is 5.97 Å². The number of nitrogens with two attached hydrogens (primary N) is 1. The van der Waals surface area contributed by atoms with E-state index in [1.807, 2.05) is 13.8 Å². The molecule has 0 saturated carbocycles. The van der Waals surface area contributed by atoms with Crippen molar-refractivity contribution in [2.45, 2.75) is 123 Å². The highest BCUT2D eigenvalue weighted by Gasteiger charge is 2.45. The summed E-state index contributed by atoms with van der Waals surface area (Å²) in [5.41, 5.74) is 6.22. The van der Waals surface area contributed by atoms with E-state index in [0.717, 1.165) is 6.42 Å². The Morgan fingerprint density at radius 3 is 2.41 bits per heavy atom. The maximum Gasteiger partial charge on any atom is 0.343 e. The van der Waals surface area contributed by atoms with Gasteiger partial charge in [0.05, 0.1) is 41.7 Å². The van der Waals surface area contributed by atoms with Crippen LogP contribution in [-0.4, -0.2) is 88.9 Å². The van der Waals surface area contributed by atoms with Crippen LogP contribution < -0.4 is 42.0 Å². The van der Waals surface area contributed by atoms with Gasteiger partial charge in [0, 0.05) is 42.2 Å². The molecule has 0 bridgehead atoms. The lowest BCUT2D eigenvalue weighted by Gasteiger charge is -2.31. The Morgan fingerprint density at radius 2 is 1.70 bits per heavy atom. The van der Waals surface area contributed by atoms with Crippen molar-refractivity contribution < 1.29 is 48.0 Å². The van der Waals surface area contributed by atoms with Crippen LogP contribution in [0.25, 0.3) is 22.3 Å². The summed E-state index contributed by atoms with van der Waals surface area (Å²) in [6, 6.07) is 3.18. The predicted molar refractivity (Wildman–Crippen MR) is 222 cm³/mol. The molecule has 0 spiro atoms. The SMILES string of the molecule is CCCOC(C)CCC(=O)N[C@H](C(=O)N[C@@H](CCCCN)C(=O)NCC(=O)NCc1c2c(nc3cc4c(cc13)OCO4)-c1cc3c(c(=O)n1C2)COC(=O)[C@]3(O)CC)C(C)C. The topological polar surface area (TPSA) is 252 Å². The molecule has 1 unspecified atom stereocenters. The van der Waals surface area contributed by atoms with Crippen molar-refractivity contribution in [3.8, 4) is 22.9 Å². The molecule has 5 heterocycles. The van der Waals surface area contributed by atoms with Crippen molar-refractivity contribution in [1.29, 1.82) is 0 Å². The number of hydrogen-bond acceptors (Lipinski definition) is 13. The van der Waals surface area contributed by atoms with E-state index in [-0.39, 0.29) is 74.8 Å². The number of cyclic esters (lactones) is 1. The summed E-state index contributed by atoms with van der Waals surface area (Å²) < 4.78 is 23.6. The van der Waals surface area contributed by atoms with E-state index in [1.54, 1.807) is 39.0 Å². The number of aromatic nitrogens is 2. The molecule has 0 fully saturated rings. The van der Waals surface area contributed by atoms with Crippen LogP contribution in [-0.2, 0) is 58.7 Å². The third-order valence-electron chi connectivity index (χ3n) is 11.4. The summed E-state index contributed by atoms with van der Waals surface area (Å²) in [5.74, 6) is -2.09. The number of rotatable bonds is 20. The lowest BCUT2D eigenvalue weighted by molar-refractivity contribution is -0.172. The number of amides is 4. The van der Waals surface area contributed by atoms with Gasteiger partial charge in [-0.1, -0.05) is 27.7 Å². The van der Waals surface area contributed by atoms with E-state index in [9.17, 15) is 33.9 Å². The summed E-state index contributed by atoms with van der Waals surface area (Å²) in [6.07, 6.45) is 2.81. The van der Waals surface area contributed by atoms with Crippen LogP contribution in [0, 0.1) is 5.92 Å². The van der Waals surface area contributed by atoms with Crippen molar-refractivity contribution >= 4 is 40.5 Å². The first-order valence-electron chi connectivity index (χ1n) is 21.1. The maximum atomic E-state index is 13.9. The Morgan fingerprint density at radius 1 is 0.951 bits per heavy atom. The zero-order valence-corrected chi connectivity index (χ0v) is 35.4. The Labute approximate surface area is 353 Å². The Balaban J connectivity index is 1.17. The van der Waals surface area contributed by atoms with Crippen LogP contribution in [0.4, 0.5) is 0 Å². The summed E-state index contributed by atoms with van der Waals surface area (Å²) in [5, 5.41) is 23.1. The number of hydrogen-bond donors (Lipinski definition) is 6. The number of unbranched alkanes of at least 4 members (excludes halogenated alkanes) is 1. The molecule has 330 valence electrons. The molecule has 0 aliphatic carbocycles. The van der Waals surface area contributed by atoms with Crippen LogP contribution in [0.3, 0.4) is 0 Å². The van der Waals surface area contributed by atoms with E-state index < -0.39 is 53.5 Å². The van der Waals surface area contributed by atoms with E-state index in [4.69, 9.17) is 29.7 Å². The van der Waals surface area contributed by atoms with Gasteiger partial charge in [-0.05, 0) is 75.6 Å². The van der Waals surface area contributed by atoms with Gasteiger partial charge in [0.1, 0.15) is 18.7 Å². The lowest BCUT2D eigenvalue weighted by atomic mass is 9.86. The van der Waals surface area contributed by atoms with E-state index in [1.165, 1.54) is 4.57 Å². The molecule has 0 radical (unpaired) electrons. The minimum atomic E-state index is -2.00. The standard InChI is InChI=1S/C43H57N7O11/c1-6-14-58-24(5)11-12-35(51)49-37(23(3)4)40(54)48-30(10-8-9-13-44)39(53)46-19-36(52)45-18-26-25-15-33-34(61-22-60-33)17-31(25)47-38-27(26)20-50-32(38)16-29-28(41(50)55)21-59-42(56)43(29,57)7-2/h15-17,23-24,30,37,57H,6-14,18-22,44H2,1-5H3,(H,45,52)(H,46,53)(H,48,54)(H,49,51)/t24?,30-,37-,43-/m0/s1. The van der Waals surface area contributed by atoms with Gasteiger partial charge < -0.3 is 55.6 Å². The van der Waals surface area contributed by atoms with Crippen LogP contribution >= 0.6 is 0 Å². The number of esters is 1. The fourth-order valence-electron chi connectivity index (χ4n) is 7.83. The van der Waals surface area contributed by atoms with Gasteiger partial charge in [-0.25, -0.2) is 9.78 Å². The molecule has 0 saturated heterocycles. The van der Waals surface area contributed by atoms with Crippen molar-refractivity contribution in [3.63, 3.8) is 0 Å². The van der Waals surface area contributed by atoms with E-state index in [2.05, 4.69) is 21.3 Å². The highest BCUT2D eigenvalue weighted by molar-refractivity contribution is 5.94. The van der Waals surface area contributed by atoms with Gasteiger partial charge in [-0.2, -0.15) is 0 Å². The second-order valence-electron chi connectivity index (χ2n) is 16.1. The minimum Gasteiger partial charge on any atom is -0.458 e. The third-order valence-corrected chi connectivity index (χ3v) is 11.4. The molecule has 6 rings (SSSR count). The van der Waals surface area contributed by atoms with Gasteiger partial charge in [0.25, 0.3) is 5.56 Å². The summed E-state index contributed by atoms with van der Waals surface area (Å²) in [6.45, 7) is 9.49. The summed E-state index contributed by atoms with van der Waals surface area (Å²) in [4.78, 5) is 84.9. The zero-order chi connectivity index (χ0) is 44.0. The van der Waals surface area contributed by atoms with E-state index in [0.29, 0.717) is 77.3 Å². The molecule has 2 aromatic heterocycles. The Kier molecular flexibility index (Phi) is 14.3. The summed E-state index contributed by atoms with van der Waals surface area (Å²) in [7, 11) is 0. The van der Waals surface area contributed by atoms with Crippen molar-refractivity contribution in [2.75, 3.05) is 26.5 Å². The maximum absolute atomic E-state index is 13.9. The quantitative estimate of drug-likeness (QED) is 0.0550. The highest BCUT2D eigenvalue weighted by atomic mass is 16.7. The fourth-order valence-corrected chi connectivity index (χ4v) is 7.83. The van der Waals surface area contributed by atoms with Crippen LogP contribution in [0.2, 0.25) is 0 Å². The van der Waals surface area contributed by atoms with Crippen molar-refractivity contribution in [3.05, 3.63) is 50.8 Å². The fraction of sp³-hybridized carbons (Fsp3) is 0.558. The molecule has 3 aliphatic rings. The number of pyridine rings is 2. The minimum absolute atomic E-state index is 0.0101. The smallest absolute Gasteiger partial charge is 0.343 e. The van der Waals surface area contributed by atoms with Gasteiger partial charge in [0.2, 0.25) is 30.4 Å². The largest absolute Gasteiger partial charge is 0.458 e. The molecule has 3 aromatic rings. The lowest BCUT2D eigenvalue weighted by Crippen LogP contribution is -2.56. The first-order valence-corrected chi connectivity index (χ1v) is 21.1. The number of fused-ring (bicyclic) bond motifs is 6. The molecule has 3 aliphatic heterocycles. The zero-order valence-electron chi connectivity index (χ0n) is 35.4. The average molecular weight is 848 g/mol. The van der Waals surface area contributed by atoms with Gasteiger partial charge in [0.15, 0.2) is 17.1 Å². The number of carbonyl (C=O) groups is 5. The molecular formula is C43H57N7O11. The number of benzene rings is 1. The van der Waals surface area contributed by atoms with Gasteiger partial charge in [-0.3, -0.25) is 24.0 Å². The summed E-state index contributed by atoms with van der Waals surface area (Å²) >= 11 is 0. The van der Waals surface area contributed by atoms with E-state index >= 15 is 0 Å². The number of nitrogens with one attached hydrogen (secondary N) is 4. The highest BCUT2D eigenvalue weighted by Crippen LogP contribution is 2.43. The van der Waals surface area contributed by atoms with Crippen LogP contribution in [0.15, 0.2) is 23.0 Å². The van der Waals surface area contributed by atoms with Crippen LogP contribution in [0.1, 0.15) is 102 Å². The molecule has 4 amide bonds. The molecule has 18 heteroatoms. The molecular weight excluding hydrogens is 791 g/mol. The monoisotopic (exact) mass is 847 g/mol.